The van der Waals surface area contributed by atoms with E-state index >= 15 is 0 Å². The third-order valence-electron chi connectivity index (χ3n) is 3.77. The Bertz CT molecular complexity index is 246. The highest BCUT2D eigenvalue weighted by atomic mass is 16.5. The molecule has 0 aromatic rings. The second-order valence-electron chi connectivity index (χ2n) is 5.09. The average Bonchev–Trinajstić information content (AvgIpc) is 2.45. The van der Waals surface area contributed by atoms with Crippen molar-refractivity contribution in [3.8, 4) is 0 Å². The van der Waals surface area contributed by atoms with E-state index < -0.39 is 5.60 Å². The second kappa shape index (κ2) is 11.0. The second-order valence-corrected chi connectivity index (χ2v) is 5.09. The monoisotopic (exact) mass is 264 g/mol. The van der Waals surface area contributed by atoms with Crippen molar-refractivity contribution >= 4 is 0 Å². The summed E-state index contributed by atoms with van der Waals surface area (Å²) in [4.78, 5) is 0. The summed E-state index contributed by atoms with van der Waals surface area (Å²) >= 11 is 0. The maximum atomic E-state index is 5.87. The summed E-state index contributed by atoms with van der Waals surface area (Å²) in [6.07, 6.45) is 14.7. The van der Waals surface area contributed by atoms with E-state index in [0.29, 0.717) is 6.61 Å². The molecular weight excluding hydrogens is 232 g/mol. The van der Waals surface area contributed by atoms with Gasteiger partial charge in [-0.25, -0.2) is 0 Å². The molecule has 0 N–H and O–H groups in total. The minimum atomic E-state index is -0.445. The van der Waals surface area contributed by atoms with Crippen LogP contribution >= 0.6 is 0 Å². The van der Waals surface area contributed by atoms with Crippen molar-refractivity contribution in [1.82, 2.24) is 0 Å². The molecule has 0 radical (unpaired) electrons. The molecular formula is C18H32O. The van der Waals surface area contributed by atoms with Crippen molar-refractivity contribution in [2.75, 3.05) is 6.61 Å². The lowest BCUT2D eigenvalue weighted by molar-refractivity contribution is 0.00372. The van der Waals surface area contributed by atoms with Crippen LogP contribution in [-0.2, 0) is 4.74 Å². The van der Waals surface area contributed by atoms with E-state index in [4.69, 9.17) is 4.74 Å². The molecule has 0 aliphatic rings. The van der Waals surface area contributed by atoms with Crippen LogP contribution in [0.2, 0.25) is 0 Å². The van der Waals surface area contributed by atoms with Crippen LogP contribution in [-0.4, -0.2) is 12.2 Å². The summed E-state index contributed by atoms with van der Waals surface area (Å²) in [6, 6.07) is 0. The van der Waals surface area contributed by atoms with E-state index in [2.05, 4.69) is 26.7 Å². The van der Waals surface area contributed by atoms with E-state index in [1.807, 2.05) is 25.2 Å². The maximum absolute atomic E-state index is 5.87. The summed E-state index contributed by atoms with van der Waals surface area (Å²) in [5, 5.41) is 0. The lowest BCUT2D eigenvalue weighted by Crippen LogP contribution is -2.35. The van der Waals surface area contributed by atoms with Gasteiger partial charge in [-0.1, -0.05) is 76.8 Å². The van der Waals surface area contributed by atoms with E-state index in [-0.39, 0.29) is 5.92 Å². The predicted molar refractivity (Wildman–Crippen MR) is 86.4 cm³/mol. The van der Waals surface area contributed by atoms with Gasteiger partial charge in [0.05, 0.1) is 0 Å². The SMILES string of the molecule is C=CC(CCCCCCCC)C(C=C)(C=C)OCC. The molecule has 0 amide bonds. The number of hydrogen-bond donors (Lipinski definition) is 0. The molecule has 0 aromatic carbocycles. The first kappa shape index (κ1) is 18.2. The van der Waals surface area contributed by atoms with E-state index in [0.717, 1.165) is 6.42 Å². The Morgan fingerprint density at radius 1 is 0.947 bits per heavy atom. The van der Waals surface area contributed by atoms with Gasteiger partial charge in [0.15, 0.2) is 0 Å². The molecule has 1 heteroatoms. The van der Waals surface area contributed by atoms with Crippen LogP contribution in [0, 0.1) is 5.92 Å². The molecule has 0 heterocycles. The Morgan fingerprint density at radius 3 is 2.00 bits per heavy atom. The van der Waals surface area contributed by atoms with Crippen molar-refractivity contribution in [2.45, 2.75) is 64.4 Å². The number of hydrogen-bond acceptors (Lipinski definition) is 1. The first-order chi connectivity index (χ1) is 9.20. The van der Waals surface area contributed by atoms with Crippen LogP contribution in [0.1, 0.15) is 58.8 Å². The number of unbranched alkanes of at least 4 members (excludes halogenated alkanes) is 5. The fourth-order valence-electron chi connectivity index (χ4n) is 2.53. The Kier molecular flexibility index (Phi) is 10.6. The molecule has 110 valence electrons. The van der Waals surface area contributed by atoms with Crippen LogP contribution in [0.3, 0.4) is 0 Å². The molecule has 0 aromatic heterocycles. The summed E-state index contributed by atoms with van der Waals surface area (Å²) in [6.45, 7) is 16.7. The highest BCUT2D eigenvalue weighted by Gasteiger charge is 2.31. The summed E-state index contributed by atoms with van der Waals surface area (Å²) in [7, 11) is 0. The van der Waals surface area contributed by atoms with Gasteiger partial charge < -0.3 is 4.74 Å². The molecule has 1 unspecified atom stereocenters. The van der Waals surface area contributed by atoms with E-state index in [9.17, 15) is 0 Å². The first-order valence-corrected chi connectivity index (χ1v) is 7.74. The molecule has 0 aliphatic carbocycles. The van der Waals surface area contributed by atoms with Gasteiger partial charge in [0, 0.05) is 12.5 Å². The van der Waals surface area contributed by atoms with Crippen LogP contribution in [0.25, 0.3) is 0 Å². The van der Waals surface area contributed by atoms with E-state index in [1.165, 1.54) is 38.5 Å². The van der Waals surface area contributed by atoms with Crippen LogP contribution < -0.4 is 0 Å². The zero-order chi connectivity index (χ0) is 14.6. The van der Waals surface area contributed by atoms with Crippen molar-refractivity contribution in [3.63, 3.8) is 0 Å². The van der Waals surface area contributed by atoms with Gasteiger partial charge in [-0.3, -0.25) is 0 Å². The van der Waals surface area contributed by atoms with Gasteiger partial charge in [0.25, 0.3) is 0 Å². The summed E-state index contributed by atoms with van der Waals surface area (Å²) < 4.78 is 5.87. The molecule has 1 nitrogen and oxygen atoms in total. The van der Waals surface area contributed by atoms with Gasteiger partial charge in [0.2, 0.25) is 0 Å². The fraction of sp³-hybridized carbons (Fsp3) is 0.667. The minimum Gasteiger partial charge on any atom is -0.366 e. The molecule has 1 atom stereocenters. The molecule has 0 saturated heterocycles. The van der Waals surface area contributed by atoms with Crippen LogP contribution in [0.5, 0.6) is 0 Å². The van der Waals surface area contributed by atoms with Crippen molar-refractivity contribution in [2.24, 2.45) is 5.92 Å². The molecule has 0 aliphatic heterocycles. The lowest BCUT2D eigenvalue weighted by Gasteiger charge is -2.34. The number of ether oxygens (including phenoxy) is 1. The highest BCUT2D eigenvalue weighted by Crippen LogP contribution is 2.30. The Morgan fingerprint density at radius 2 is 1.53 bits per heavy atom. The smallest absolute Gasteiger partial charge is 0.110 e. The molecule has 0 fully saturated rings. The number of rotatable bonds is 13. The van der Waals surface area contributed by atoms with Crippen LogP contribution in [0.15, 0.2) is 38.0 Å². The van der Waals surface area contributed by atoms with Gasteiger partial charge in [-0.15, -0.1) is 6.58 Å². The van der Waals surface area contributed by atoms with E-state index in [1.54, 1.807) is 0 Å². The third-order valence-corrected chi connectivity index (χ3v) is 3.77. The predicted octanol–water partition coefficient (Wildman–Crippen LogP) is 5.69. The zero-order valence-corrected chi connectivity index (χ0v) is 13.0. The van der Waals surface area contributed by atoms with Crippen LogP contribution in [0.4, 0.5) is 0 Å². The fourth-order valence-corrected chi connectivity index (χ4v) is 2.53. The van der Waals surface area contributed by atoms with Crippen molar-refractivity contribution < 1.29 is 4.74 Å². The van der Waals surface area contributed by atoms with Gasteiger partial charge in [-0.05, 0) is 13.3 Å². The molecule has 0 saturated carbocycles. The highest BCUT2D eigenvalue weighted by molar-refractivity contribution is 5.16. The standard InChI is InChI=1S/C18H32O/c1-6-11-12-13-14-15-16-17(7-2)18(8-3,9-4)19-10-5/h7-9,17H,2-4,6,10-16H2,1,5H3. The quantitative estimate of drug-likeness (QED) is 0.307. The van der Waals surface area contributed by atoms with Crippen molar-refractivity contribution in [1.29, 1.82) is 0 Å². The summed E-state index contributed by atoms with van der Waals surface area (Å²) in [5.41, 5.74) is -0.445. The van der Waals surface area contributed by atoms with Gasteiger partial charge >= 0.3 is 0 Å². The largest absolute Gasteiger partial charge is 0.366 e. The Labute approximate surface area is 120 Å². The van der Waals surface area contributed by atoms with Crippen molar-refractivity contribution in [3.05, 3.63) is 38.0 Å². The molecule has 0 spiro atoms. The Hall–Kier alpha value is -0.820. The molecule has 0 rings (SSSR count). The minimum absolute atomic E-state index is 0.272. The van der Waals surface area contributed by atoms with Gasteiger partial charge in [-0.2, -0.15) is 0 Å². The lowest BCUT2D eigenvalue weighted by atomic mass is 9.83. The normalized spacial score (nSPS) is 12.9. The Balaban J connectivity index is 4.26. The molecule has 19 heavy (non-hydrogen) atoms. The first-order valence-electron chi connectivity index (χ1n) is 7.74. The molecule has 0 bridgehead atoms. The topological polar surface area (TPSA) is 9.23 Å². The third kappa shape index (κ3) is 6.24. The maximum Gasteiger partial charge on any atom is 0.110 e. The van der Waals surface area contributed by atoms with Gasteiger partial charge in [0.1, 0.15) is 5.60 Å². The zero-order valence-electron chi connectivity index (χ0n) is 13.0. The summed E-state index contributed by atoms with van der Waals surface area (Å²) in [5.74, 6) is 0.272. The average molecular weight is 264 g/mol.